The normalized spacial score (nSPS) is 10.5. The van der Waals surface area contributed by atoms with E-state index in [1.807, 2.05) is 67.4 Å². The molecular weight excluding hydrogens is 332 g/mol. The number of nitrogens with one attached hydrogen (secondary N) is 1. The molecule has 0 fully saturated rings. The van der Waals surface area contributed by atoms with Crippen molar-refractivity contribution in [1.29, 1.82) is 0 Å². The van der Waals surface area contributed by atoms with Crippen LogP contribution in [0.3, 0.4) is 0 Å². The molecule has 0 unspecified atom stereocenters. The molecule has 0 aliphatic carbocycles. The van der Waals surface area contributed by atoms with Crippen LogP contribution >= 0.6 is 12.2 Å². The van der Waals surface area contributed by atoms with E-state index in [-0.39, 0.29) is 0 Å². The van der Waals surface area contributed by atoms with Gasteiger partial charge >= 0.3 is 0 Å². The van der Waals surface area contributed by atoms with Crippen molar-refractivity contribution in [2.75, 3.05) is 12.4 Å². The maximum Gasteiger partial charge on any atom is 0.246 e. The van der Waals surface area contributed by atoms with E-state index in [1.54, 1.807) is 0 Å². The summed E-state index contributed by atoms with van der Waals surface area (Å²) in [5, 5.41) is 7.88. The molecule has 0 aliphatic heterocycles. The van der Waals surface area contributed by atoms with Crippen LogP contribution < -0.4 is 5.32 Å². The van der Waals surface area contributed by atoms with Crippen LogP contribution in [0.4, 0.5) is 5.69 Å². The molecule has 1 heterocycles. The highest BCUT2D eigenvalue weighted by Gasteiger charge is 2.13. The van der Waals surface area contributed by atoms with Crippen molar-refractivity contribution in [1.82, 2.24) is 15.0 Å². The van der Waals surface area contributed by atoms with Crippen LogP contribution in [0, 0.1) is 13.8 Å². The van der Waals surface area contributed by atoms with E-state index >= 15 is 0 Å². The number of aromatic nitrogens is 2. The average Bonchev–Trinajstić information content (AvgIpc) is 3.05. The van der Waals surface area contributed by atoms with Crippen LogP contribution in [0.2, 0.25) is 0 Å². The van der Waals surface area contributed by atoms with Crippen LogP contribution in [-0.4, -0.2) is 27.2 Å². The Balaban J connectivity index is 1.65. The summed E-state index contributed by atoms with van der Waals surface area (Å²) < 4.78 is 5.37. The average molecular weight is 352 g/mol. The summed E-state index contributed by atoms with van der Waals surface area (Å²) in [6.07, 6.45) is 0. The first-order valence-electron chi connectivity index (χ1n) is 8.00. The number of anilines is 1. The van der Waals surface area contributed by atoms with E-state index in [4.69, 9.17) is 16.7 Å². The molecule has 0 saturated heterocycles. The quantitative estimate of drug-likeness (QED) is 0.711. The number of hydrogen-bond acceptors (Lipinski definition) is 4. The monoisotopic (exact) mass is 352 g/mol. The van der Waals surface area contributed by atoms with E-state index in [9.17, 15) is 0 Å². The molecule has 0 amide bonds. The minimum absolute atomic E-state index is 0.441. The van der Waals surface area contributed by atoms with Crippen LogP contribution in [0.15, 0.2) is 53.1 Å². The van der Waals surface area contributed by atoms with E-state index in [0.29, 0.717) is 23.4 Å². The van der Waals surface area contributed by atoms with Crippen molar-refractivity contribution in [2.24, 2.45) is 0 Å². The fourth-order valence-corrected chi connectivity index (χ4v) is 2.57. The third-order valence-electron chi connectivity index (χ3n) is 3.88. The summed E-state index contributed by atoms with van der Waals surface area (Å²) in [5.74, 6) is 1.12. The maximum absolute atomic E-state index is 5.44. The lowest BCUT2D eigenvalue weighted by atomic mass is 10.1. The van der Waals surface area contributed by atoms with Gasteiger partial charge in [0.2, 0.25) is 11.7 Å². The van der Waals surface area contributed by atoms with Crippen molar-refractivity contribution in [2.45, 2.75) is 20.4 Å². The van der Waals surface area contributed by atoms with Crippen molar-refractivity contribution in [3.63, 3.8) is 0 Å². The van der Waals surface area contributed by atoms with Gasteiger partial charge in [-0.25, -0.2) is 0 Å². The third-order valence-corrected chi connectivity index (χ3v) is 4.29. The van der Waals surface area contributed by atoms with E-state index < -0.39 is 0 Å². The lowest BCUT2D eigenvalue weighted by Gasteiger charge is -2.19. The SMILES string of the molecule is Cc1ccc(NC(=S)N(C)Cc2nc(-c3ccccc3C)no2)cc1. The second-order valence-corrected chi connectivity index (χ2v) is 6.37. The molecule has 0 radical (unpaired) electrons. The van der Waals surface area contributed by atoms with Gasteiger partial charge in [-0.2, -0.15) is 4.98 Å². The summed E-state index contributed by atoms with van der Waals surface area (Å²) in [6.45, 7) is 4.52. The maximum atomic E-state index is 5.44. The predicted octanol–water partition coefficient (Wildman–Crippen LogP) is 4.18. The Kier molecular flexibility index (Phi) is 5.09. The van der Waals surface area contributed by atoms with Crippen LogP contribution in [0.1, 0.15) is 17.0 Å². The Morgan fingerprint density at radius 3 is 2.56 bits per heavy atom. The molecule has 25 heavy (non-hydrogen) atoms. The van der Waals surface area contributed by atoms with Crippen LogP contribution in [0.5, 0.6) is 0 Å². The first-order valence-corrected chi connectivity index (χ1v) is 8.41. The second-order valence-electron chi connectivity index (χ2n) is 5.98. The molecule has 1 aromatic heterocycles. The Morgan fingerprint density at radius 1 is 1.12 bits per heavy atom. The molecule has 0 spiro atoms. The van der Waals surface area contributed by atoms with Gasteiger partial charge in [0.1, 0.15) is 0 Å². The zero-order valence-electron chi connectivity index (χ0n) is 14.5. The highest BCUT2D eigenvalue weighted by molar-refractivity contribution is 7.80. The molecule has 3 aromatic rings. The van der Waals surface area contributed by atoms with E-state index in [2.05, 4.69) is 22.4 Å². The lowest BCUT2D eigenvalue weighted by molar-refractivity contribution is 0.336. The van der Waals surface area contributed by atoms with Crippen molar-refractivity contribution in [3.05, 3.63) is 65.5 Å². The molecule has 3 rings (SSSR count). The van der Waals surface area contributed by atoms with Crippen molar-refractivity contribution in [3.8, 4) is 11.4 Å². The van der Waals surface area contributed by atoms with Gasteiger partial charge in [-0.15, -0.1) is 0 Å². The molecular formula is C19H20N4OS. The number of aryl methyl sites for hydroxylation is 2. The number of benzene rings is 2. The number of rotatable bonds is 4. The Bertz CT molecular complexity index is 873. The largest absolute Gasteiger partial charge is 0.343 e. The smallest absolute Gasteiger partial charge is 0.246 e. The summed E-state index contributed by atoms with van der Waals surface area (Å²) >= 11 is 5.44. The van der Waals surface area contributed by atoms with Gasteiger partial charge in [-0.05, 0) is 43.8 Å². The fraction of sp³-hybridized carbons (Fsp3) is 0.211. The fourth-order valence-electron chi connectivity index (χ4n) is 2.38. The number of nitrogens with zero attached hydrogens (tertiary/aromatic N) is 3. The zero-order valence-corrected chi connectivity index (χ0v) is 15.3. The summed E-state index contributed by atoms with van der Waals surface area (Å²) in [5.41, 5.74) is 4.24. The lowest BCUT2D eigenvalue weighted by Crippen LogP contribution is -2.30. The summed E-state index contributed by atoms with van der Waals surface area (Å²) in [6, 6.07) is 16.0. The molecule has 2 aromatic carbocycles. The van der Waals surface area contributed by atoms with Gasteiger partial charge in [-0.3, -0.25) is 0 Å². The van der Waals surface area contributed by atoms with Gasteiger partial charge in [-0.1, -0.05) is 47.1 Å². The Hall–Kier alpha value is -2.73. The molecule has 0 bridgehead atoms. The predicted molar refractivity (Wildman–Crippen MR) is 103 cm³/mol. The first kappa shape index (κ1) is 17.1. The Labute approximate surface area is 152 Å². The topological polar surface area (TPSA) is 54.2 Å². The molecule has 6 heteroatoms. The Morgan fingerprint density at radius 2 is 1.84 bits per heavy atom. The molecule has 0 atom stereocenters. The molecule has 0 saturated carbocycles. The molecule has 5 nitrogen and oxygen atoms in total. The highest BCUT2D eigenvalue weighted by Crippen LogP contribution is 2.20. The first-order chi connectivity index (χ1) is 12.0. The van der Waals surface area contributed by atoms with Crippen LogP contribution in [0.25, 0.3) is 11.4 Å². The van der Waals surface area contributed by atoms with Crippen LogP contribution in [-0.2, 0) is 6.54 Å². The summed E-state index contributed by atoms with van der Waals surface area (Å²) in [4.78, 5) is 6.34. The van der Waals surface area contributed by atoms with Gasteiger partial charge in [0.25, 0.3) is 0 Å². The zero-order chi connectivity index (χ0) is 17.8. The standard InChI is InChI=1S/C19H20N4OS/c1-13-8-10-15(11-9-13)20-19(25)23(3)12-17-21-18(22-24-17)16-7-5-4-6-14(16)2/h4-11H,12H2,1-3H3,(H,20,25). The minimum Gasteiger partial charge on any atom is -0.343 e. The molecule has 128 valence electrons. The summed E-state index contributed by atoms with van der Waals surface area (Å²) in [7, 11) is 1.89. The molecule has 1 N–H and O–H groups in total. The number of hydrogen-bond donors (Lipinski definition) is 1. The van der Waals surface area contributed by atoms with E-state index in [1.165, 1.54) is 5.56 Å². The van der Waals surface area contributed by atoms with Gasteiger partial charge in [0.05, 0.1) is 6.54 Å². The highest BCUT2D eigenvalue weighted by atomic mass is 32.1. The third kappa shape index (κ3) is 4.22. The van der Waals surface area contributed by atoms with Gasteiger partial charge in [0.15, 0.2) is 5.11 Å². The van der Waals surface area contributed by atoms with Crippen molar-refractivity contribution >= 4 is 23.0 Å². The minimum atomic E-state index is 0.441. The van der Waals surface area contributed by atoms with Crippen molar-refractivity contribution < 1.29 is 4.52 Å². The second kappa shape index (κ2) is 7.44. The van der Waals surface area contributed by atoms with Gasteiger partial charge < -0.3 is 14.7 Å². The van der Waals surface area contributed by atoms with Gasteiger partial charge in [0, 0.05) is 18.3 Å². The number of thiocarbonyl (C=S) groups is 1. The van der Waals surface area contributed by atoms with E-state index in [0.717, 1.165) is 16.8 Å². The molecule has 0 aliphatic rings.